The number of fused-ring (bicyclic) bond motifs is 3. The maximum Gasteiger partial charge on any atom is 0.337 e. The van der Waals surface area contributed by atoms with Crippen molar-refractivity contribution in [1.29, 1.82) is 0 Å². The molecule has 2 aromatic carbocycles. The van der Waals surface area contributed by atoms with Crippen molar-refractivity contribution in [3.05, 3.63) is 77.9 Å². The van der Waals surface area contributed by atoms with E-state index >= 15 is 0 Å². The number of aliphatic hydroxyl groups is 1. The second-order valence-corrected chi connectivity index (χ2v) is 12.7. The standard InChI is InChI=1S/C33H40N2O5/c1-6-7-17-34-29(38)35-26(21-13-9-8-10-14-21)27(36)28(37)39-25-18-24-30(3,4)31(25,5)32-19-20(2)22-15-11-12-16-23(22)33(24,32)40-32/h8-16,24-27,36H,2,6-7,17-19H2,1,3-5H3,(H2,34,35,38)/t24?,25?,26-,27+,31?,32-,33+/m0/s1. The van der Waals surface area contributed by atoms with Gasteiger partial charge in [-0.05, 0) is 40.5 Å². The summed E-state index contributed by atoms with van der Waals surface area (Å²) < 4.78 is 13.0. The van der Waals surface area contributed by atoms with Gasteiger partial charge in [0.2, 0.25) is 0 Å². The molecule has 3 aliphatic carbocycles. The predicted octanol–water partition coefficient (Wildman–Crippen LogP) is 5.25. The fraction of sp³-hybridized carbons (Fsp3) is 0.515. The van der Waals surface area contributed by atoms with Crippen LogP contribution in [-0.2, 0) is 19.9 Å². The highest BCUT2D eigenvalue weighted by atomic mass is 16.6. The monoisotopic (exact) mass is 544 g/mol. The Kier molecular flexibility index (Phi) is 6.20. The van der Waals surface area contributed by atoms with Gasteiger partial charge in [0.05, 0.1) is 6.04 Å². The molecular formula is C33H40N2O5. The Bertz CT molecular complexity index is 1360. The van der Waals surface area contributed by atoms with Gasteiger partial charge in [0.25, 0.3) is 0 Å². The number of esters is 1. The molecule has 2 amide bonds. The van der Waals surface area contributed by atoms with E-state index in [9.17, 15) is 14.7 Å². The summed E-state index contributed by atoms with van der Waals surface area (Å²) in [5, 5.41) is 16.9. The Labute approximate surface area is 236 Å². The van der Waals surface area contributed by atoms with E-state index in [1.54, 1.807) is 12.1 Å². The highest BCUT2D eigenvalue weighted by Crippen LogP contribution is 2.89. The van der Waals surface area contributed by atoms with Gasteiger partial charge in [-0.1, -0.05) is 95.3 Å². The summed E-state index contributed by atoms with van der Waals surface area (Å²) in [4.78, 5) is 26.3. The lowest BCUT2D eigenvalue weighted by molar-refractivity contribution is -0.172. The zero-order chi connectivity index (χ0) is 28.5. The molecule has 1 aliphatic heterocycles. The summed E-state index contributed by atoms with van der Waals surface area (Å²) in [5.74, 6) is -0.600. The molecule has 40 heavy (non-hydrogen) atoms. The molecule has 2 saturated carbocycles. The lowest BCUT2D eigenvalue weighted by atomic mass is 9.59. The zero-order valence-corrected chi connectivity index (χ0v) is 23.8. The highest BCUT2D eigenvalue weighted by molar-refractivity contribution is 5.80. The number of carbonyl (C=O) groups excluding carboxylic acids is 2. The van der Waals surface area contributed by atoms with Crippen molar-refractivity contribution in [2.75, 3.05) is 6.54 Å². The van der Waals surface area contributed by atoms with Gasteiger partial charge in [-0.3, -0.25) is 0 Å². The number of unbranched alkanes of at least 4 members (excludes halogenated alkanes) is 1. The first-order chi connectivity index (χ1) is 19.0. The van der Waals surface area contributed by atoms with Crippen LogP contribution in [0.15, 0.2) is 61.2 Å². The van der Waals surface area contributed by atoms with E-state index < -0.39 is 46.9 Å². The summed E-state index contributed by atoms with van der Waals surface area (Å²) in [6.45, 7) is 13.7. The number of rotatable bonds is 8. The van der Waals surface area contributed by atoms with Crippen molar-refractivity contribution >= 4 is 17.6 Å². The van der Waals surface area contributed by atoms with E-state index in [1.165, 1.54) is 11.1 Å². The molecule has 0 spiro atoms. The summed E-state index contributed by atoms with van der Waals surface area (Å²) >= 11 is 0. The SMILES string of the molecule is C=C1C[C@@]23O[C@]2(c2ccccc21)C1CC(OC(=O)[C@H](O)[C@@H](NC(=O)NCCCC)c2ccccc2)C3(C)C1(C)C. The summed E-state index contributed by atoms with van der Waals surface area (Å²) in [5.41, 5.74) is 2.43. The molecule has 0 radical (unpaired) electrons. The predicted molar refractivity (Wildman–Crippen MR) is 152 cm³/mol. The van der Waals surface area contributed by atoms with E-state index in [0.717, 1.165) is 18.4 Å². The number of ether oxygens (including phenoxy) is 2. The third-order valence-electron chi connectivity index (χ3n) is 10.8. The molecule has 2 bridgehead atoms. The van der Waals surface area contributed by atoms with Gasteiger partial charge in [0.1, 0.15) is 17.3 Å². The lowest BCUT2D eigenvalue weighted by Gasteiger charge is -2.45. The quantitative estimate of drug-likeness (QED) is 0.240. The van der Waals surface area contributed by atoms with Gasteiger partial charge in [0.15, 0.2) is 6.10 Å². The maximum absolute atomic E-state index is 13.6. The van der Waals surface area contributed by atoms with Gasteiger partial charge in [-0.2, -0.15) is 0 Å². The number of carbonyl (C=O) groups is 2. The molecule has 212 valence electrons. The second-order valence-electron chi connectivity index (χ2n) is 12.7. The number of nitrogens with one attached hydrogen (secondary N) is 2. The van der Waals surface area contributed by atoms with Crippen LogP contribution in [0, 0.1) is 16.7 Å². The largest absolute Gasteiger partial charge is 0.460 e. The Morgan fingerprint density at radius 3 is 2.55 bits per heavy atom. The van der Waals surface area contributed by atoms with Gasteiger partial charge in [-0.25, -0.2) is 9.59 Å². The van der Waals surface area contributed by atoms with Gasteiger partial charge >= 0.3 is 12.0 Å². The molecule has 0 aromatic heterocycles. The first-order valence-electron chi connectivity index (χ1n) is 14.5. The second kappa shape index (κ2) is 9.18. The summed E-state index contributed by atoms with van der Waals surface area (Å²) in [6.07, 6.45) is 1.09. The van der Waals surface area contributed by atoms with E-state index in [0.29, 0.717) is 24.9 Å². The van der Waals surface area contributed by atoms with Crippen LogP contribution in [0.4, 0.5) is 4.79 Å². The number of hydrogen-bond donors (Lipinski definition) is 3. The van der Waals surface area contributed by atoms with Crippen LogP contribution in [0.1, 0.15) is 76.1 Å². The molecule has 6 rings (SSSR count). The van der Waals surface area contributed by atoms with Crippen molar-refractivity contribution in [2.24, 2.45) is 16.7 Å². The first-order valence-corrected chi connectivity index (χ1v) is 14.5. The molecule has 1 saturated heterocycles. The number of benzene rings is 2. The molecule has 4 aliphatic rings. The molecule has 2 aromatic rings. The van der Waals surface area contributed by atoms with Gasteiger partial charge in [0, 0.05) is 24.3 Å². The van der Waals surface area contributed by atoms with Crippen LogP contribution >= 0.6 is 0 Å². The van der Waals surface area contributed by atoms with Crippen LogP contribution in [0.2, 0.25) is 0 Å². The number of hydrogen-bond acceptors (Lipinski definition) is 5. The van der Waals surface area contributed by atoms with E-state index in [2.05, 4.69) is 56.2 Å². The fourth-order valence-corrected chi connectivity index (χ4v) is 8.48. The van der Waals surface area contributed by atoms with E-state index in [-0.39, 0.29) is 11.3 Å². The van der Waals surface area contributed by atoms with Crippen molar-refractivity contribution in [2.45, 2.75) is 82.8 Å². The third kappa shape index (κ3) is 3.37. The molecule has 3 N–H and O–H groups in total. The Balaban J connectivity index is 1.26. The van der Waals surface area contributed by atoms with Crippen LogP contribution < -0.4 is 10.6 Å². The molecule has 7 nitrogen and oxygen atoms in total. The van der Waals surface area contributed by atoms with Crippen molar-refractivity contribution in [3.63, 3.8) is 0 Å². The maximum atomic E-state index is 13.6. The van der Waals surface area contributed by atoms with Crippen LogP contribution in [0.25, 0.3) is 5.57 Å². The third-order valence-corrected chi connectivity index (χ3v) is 10.8. The van der Waals surface area contributed by atoms with E-state index in [1.807, 2.05) is 31.2 Å². The van der Waals surface area contributed by atoms with Crippen molar-refractivity contribution in [3.8, 4) is 0 Å². The van der Waals surface area contributed by atoms with Crippen LogP contribution in [0.5, 0.6) is 0 Å². The topological polar surface area (TPSA) is 100 Å². The van der Waals surface area contributed by atoms with Gasteiger partial charge in [-0.15, -0.1) is 0 Å². The smallest absolute Gasteiger partial charge is 0.337 e. The molecular weight excluding hydrogens is 504 g/mol. The normalized spacial score (nSPS) is 33.7. The highest BCUT2D eigenvalue weighted by Gasteiger charge is 2.95. The average Bonchev–Trinajstić information content (AvgIpc) is 3.57. The summed E-state index contributed by atoms with van der Waals surface area (Å²) in [6, 6.07) is 16.0. The van der Waals surface area contributed by atoms with Crippen LogP contribution in [-0.4, -0.2) is 41.5 Å². The van der Waals surface area contributed by atoms with Crippen molar-refractivity contribution < 1.29 is 24.2 Å². The number of amides is 2. The van der Waals surface area contributed by atoms with Crippen molar-refractivity contribution in [1.82, 2.24) is 10.6 Å². The average molecular weight is 545 g/mol. The molecule has 7 atom stereocenters. The molecule has 3 fully saturated rings. The zero-order valence-electron chi connectivity index (χ0n) is 23.8. The van der Waals surface area contributed by atoms with E-state index in [4.69, 9.17) is 9.47 Å². The summed E-state index contributed by atoms with van der Waals surface area (Å²) in [7, 11) is 0. The fourth-order valence-electron chi connectivity index (χ4n) is 8.48. The molecule has 3 unspecified atom stereocenters. The molecule has 7 heteroatoms. The molecule has 1 heterocycles. The Hall–Kier alpha value is -3.16. The minimum Gasteiger partial charge on any atom is -0.460 e. The van der Waals surface area contributed by atoms with Gasteiger partial charge < -0.3 is 25.2 Å². The minimum atomic E-state index is -1.57. The Morgan fingerprint density at radius 1 is 1.12 bits per heavy atom. The number of epoxide rings is 1. The Morgan fingerprint density at radius 2 is 1.82 bits per heavy atom. The number of aliphatic hydroxyl groups excluding tert-OH is 1. The minimum absolute atomic E-state index is 0.140. The number of urea groups is 1. The lowest BCUT2D eigenvalue weighted by Crippen LogP contribution is -2.53. The first kappa shape index (κ1) is 27.0. The van der Waals surface area contributed by atoms with Crippen LogP contribution in [0.3, 0.4) is 0 Å².